The Kier molecular flexibility index (Phi) is 3.17. The molecule has 2 fully saturated rings. The molecular formula is C12H17NO4. The molecule has 5 nitrogen and oxygen atoms in total. The fourth-order valence-corrected chi connectivity index (χ4v) is 2.85. The number of ketones is 1. The van der Waals surface area contributed by atoms with Gasteiger partial charge in [0.15, 0.2) is 11.7 Å². The van der Waals surface area contributed by atoms with Crippen molar-refractivity contribution in [1.82, 2.24) is 5.32 Å². The van der Waals surface area contributed by atoms with Crippen molar-refractivity contribution in [1.29, 1.82) is 0 Å². The van der Waals surface area contributed by atoms with Crippen LogP contribution < -0.4 is 5.32 Å². The number of nitrogens with one attached hydrogen (secondary N) is 1. The van der Waals surface area contributed by atoms with Gasteiger partial charge in [-0.25, -0.2) is 0 Å². The van der Waals surface area contributed by atoms with Crippen LogP contribution in [0.4, 0.5) is 0 Å². The van der Waals surface area contributed by atoms with Crippen LogP contribution in [0.25, 0.3) is 0 Å². The first-order valence-corrected chi connectivity index (χ1v) is 6.00. The third kappa shape index (κ3) is 2.18. The maximum absolute atomic E-state index is 11.9. The van der Waals surface area contributed by atoms with Crippen LogP contribution in [0.15, 0.2) is 0 Å². The summed E-state index contributed by atoms with van der Waals surface area (Å²) in [5.41, 5.74) is -0.392. The summed E-state index contributed by atoms with van der Waals surface area (Å²) in [6.07, 6.45) is 5.12. The molecular weight excluding hydrogens is 222 g/mol. The van der Waals surface area contributed by atoms with Crippen LogP contribution in [0.2, 0.25) is 0 Å². The number of rotatable bonds is 1. The van der Waals surface area contributed by atoms with Crippen LogP contribution in [-0.4, -0.2) is 30.3 Å². The van der Waals surface area contributed by atoms with E-state index >= 15 is 0 Å². The van der Waals surface area contributed by atoms with Crippen LogP contribution in [0, 0.1) is 5.92 Å². The molecule has 17 heavy (non-hydrogen) atoms. The standard InChI is InChI=1S/C12H17NO4/c1-17-11(16)9-8(14)7-12(13-10(9)15)5-3-2-4-6-12/h9H,2-7H2,1H3,(H,13,15)/t9-/m1/s1. The van der Waals surface area contributed by atoms with Crippen LogP contribution in [0.1, 0.15) is 38.5 Å². The molecule has 1 aliphatic carbocycles. The molecule has 0 aromatic heterocycles. The van der Waals surface area contributed by atoms with Gasteiger partial charge in [0.2, 0.25) is 5.91 Å². The van der Waals surface area contributed by atoms with Crippen molar-refractivity contribution in [2.24, 2.45) is 5.92 Å². The van der Waals surface area contributed by atoms with E-state index in [1.54, 1.807) is 0 Å². The Labute approximate surface area is 99.9 Å². The number of Topliss-reactive ketones (excluding diaryl/α,β-unsaturated/α-hetero) is 1. The largest absolute Gasteiger partial charge is 0.468 e. The Morgan fingerprint density at radius 2 is 1.94 bits per heavy atom. The zero-order chi connectivity index (χ0) is 12.5. The molecule has 5 heteroatoms. The summed E-state index contributed by atoms with van der Waals surface area (Å²) in [7, 11) is 1.19. The second kappa shape index (κ2) is 4.47. The van der Waals surface area contributed by atoms with E-state index in [-0.39, 0.29) is 12.2 Å². The quantitative estimate of drug-likeness (QED) is 0.536. The molecule has 94 valence electrons. The Bertz CT molecular complexity index is 338. The minimum atomic E-state index is -1.26. The van der Waals surface area contributed by atoms with Crippen molar-refractivity contribution >= 4 is 17.7 Å². The molecule has 1 saturated carbocycles. The third-order valence-corrected chi connectivity index (χ3v) is 3.73. The summed E-state index contributed by atoms with van der Waals surface area (Å²) in [4.78, 5) is 35.1. The zero-order valence-corrected chi connectivity index (χ0v) is 9.95. The van der Waals surface area contributed by atoms with Crippen LogP contribution in [-0.2, 0) is 19.1 Å². The zero-order valence-electron chi connectivity index (χ0n) is 9.95. The maximum Gasteiger partial charge on any atom is 0.325 e. The van der Waals surface area contributed by atoms with Gasteiger partial charge in [-0.15, -0.1) is 0 Å². The van der Waals surface area contributed by atoms with E-state index in [4.69, 9.17) is 0 Å². The molecule has 1 amide bonds. The molecule has 0 aromatic rings. The minimum absolute atomic E-state index is 0.262. The van der Waals surface area contributed by atoms with E-state index in [1.807, 2.05) is 0 Å². The number of amides is 1. The fourth-order valence-electron chi connectivity index (χ4n) is 2.85. The lowest BCUT2D eigenvalue weighted by molar-refractivity contribution is -0.157. The minimum Gasteiger partial charge on any atom is -0.468 e. The van der Waals surface area contributed by atoms with Crippen molar-refractivity contribution in [2.45, 2.75) is 44.1 Å². The van der Waals surface area contributed by atoms with Crippen LogP contribution >= 0.6 is 0 Å². The first-order valence-electron chi connectivity index (χ1n) is 6.00. The Hall–Kier alpha value is -1.39. The summed E-state index contributed by atoms with van der Waals surface area (Å²) < 4.78 is 4.49. The number of esters is 1. The van der Waals surface area contributed by atoms with Crippen molar-refractivity contribution in [3.8, 4) is 0 Å². The molecule has 0 aromatic carbocycles. The number of methoxy groups -OCH3 is 1. The normalized spacial score (nSPS) is 27.7. The highest BCUT2D eigenvalue weighted by molar-refractivity contribution is 6.18. The number of carbonyl (C=O) groups is 3. The van der Waals surface area contributed by atoms with Gasteiger partial charge < -0.3 is 10.1 Å². The van der Waals surface area contributed by atoms with Crippen molar-refractivity contribution in [3.05, 3.63) is 0 Å². The second-order valence-corrected chi connectivity index (χ2v) is 4.93. The monoisotopic (exact) mass is 239 g/mol. The summed E-state index contributed by atoms with van der Waals surface area (Å²) >= 11 is 0. The van der Waals surface area contributed by atoms with Crippen LogP contribution in [0.5, 0.6) is 0 Å². The molecule has 2 rings (SSSR count). The summed E-state index contributed by atoms with van der Waals surface area (Å²) in [6, 6.07) is 0. The highest BCUT2D eigenvalue weighted by Crippen LogP contribution is 2.35. The molecule has 1 atom stereocenters. The van der Waals surface area contributed by atoms with Gasteiger partial charge in [0.1, 0.15) is 0 Å². The van der Waals surface area contributed by atoms with Gasteiger partial charge in [0, 0.05) is 12.0 Å². The summed E-state index contributed by atoms with van der Waals surface area (Å²) in [5, 5.41) is 2.87. The van der Waals surface area contributed by atoms with E-state index in [0.717, 1.165) is 32.1 Å². The molecule has 1 aliphatic heterocycles. The van der Waals surface area contributed by atoms with Crippen LogP contribution in [0.3, 0.4) is 0 Å². The molecule has 1 heterocycles. The van der Waals surface area contributed by atoms with Gasteiger partial charge in [0.25, 0.3) is 0 Å². The van der Waals surface area contributed by atoms with Crippen molar-refractivity contribution in [2.75, 3.05) is 7.11 Å². The lowest BCUT2D eigenvalue weighted by Crippen LogP contribution is -2.60. The van der Waals surface area contributed by atoms with E-state index in [1.165, 1.54) is 7.11 Å². The molecule has 1 spiro atoms. The second-order valence-electron chi connectivity index (χ2n) is 4.93. The molecule has 0 unspecified atom stereocenters. The van der Waals surface area contributed by atoms with Gasteiger partial charge >= 0.3 is 5.97 Å². The molecule has 0 bridgehead atoms. The van der Waals surface area contributed by atoms with E-state index in [0.29, 0.717) is 0 Å². The van der Waals surface area contributed by atoms with Gasteiger partial charge in [-0.05, 0) is 12.8 Å². The smallest absolute Gasteiger partial charge is 0.325 e. The predicted molar refractivity (Wildman–Crippen MR) is 59.1 cm³/mol. The predicted octanol–water partition coefficient (Wildman–Crippen LogP) is 0.567. The van der Waals surface area contributed by atoms with Gasteiger partial charge in [-0.2, -0.15) is 0 Å². The highest BCUT2D eigenvalue weighted by atomic mass is 16.5. The molecule has 0 radical (unpaired) electrons. The first kappa shape index (κ1) is 12.1. The topological polar surface area (TPSA) is 72.5 Å². The Balaban J connectivity index is 2.14. The molecule has 1 saturated heterocycles. The maximum atomic E-state index is 11.9. The number of carbonyl (C=O) groups excluding carboxylic acids is 3. The average Bonchev–Trinajstić information content (AvgIpc) is 2.28. The summed E-state index contributed by atoms with van der Waals surface area (Å²) in [6.45, 7) is 0. The highest BCUT2D eigenvalue weighted by Gasteiger charge is 2.48. The number of piperidine rings is 1. The van der Waals surface area contributed by atoms with E-state index in [2.05, 4.69) is 10.1 Å². The number of hydrogen-bond acceptors (Lipinski definition) is 4. The SMILES string of the molecule is COC(=O)[C@@H]1C(=O)CC2(CCCCC2)NC1=O. The van der Waals surface area contributed by atoms with Gasteiger partial charge in [-0.3, -0.25) is 14.4 Å². The molecule has 1 N–H and O–H groups in total. The lowest BCUT2D eigenvalue weighted by Gasteiger charge is -2.41. The number of ether oxygens (including phenoxy) is 1. The van der Waals surface area contributed by atoms with Crippen molar-refractivity contribution < 1.29 is 19.1 Å². The summed E-state index contributed by atoms with van der Waals surface area (Å²) in [5.74, 6) is -2.80. The fraction of sp³-hybridized carbons (Fsp3) is 0.750. The average molecular weight is 239 g/mol. The first-order chi connectivity index (χ1) is 8.08. The van der Waals surface area contributed by atoms with E-state index in [9.17, 15) is 14.4 Å². The third-order valence-electron chi connectivity index (χ3n) is 3.73. The molecule has 2 aliphatic rings. The van der Waals surface area contributed by atoms with E-state index < -0.39 is 23.3 Å². The Morgan fingerprint density at radius 3 is 2.47 bits per heavy atom. The van der Waals surface area contributed by atoms with Gasteiger partial charge in [-0.1, -0.05) is 19.3 Å². The van der Waals surface area contributed by atoms with Crippen molar-refractivity contribution in [3.63, 3.8) is 0 Å². The Morgan fingerprint density at radius 1 is 1.29 bits per heavy atom. The van der Waals surface area contributed by atoms with Gasteiger partial charge in [0.05, 0.1) is 7.11 Å². The lowest BCUT2D eigenvalue weighted by atomic mass is 9.73. The number of hydrogen-bond donors (Lipinski definition) is 1.